The number of carbonyl (C=O) groups is 2. The molecule has 0 bridgehead atoms. The highest BCUT2D eigenvalue weighted by Gasteiger charge is 2.30. The maximum atomic E-state index is 13.5. The summed E-state index contributed by atoms with van der Waals surface area (Å²) in [6.07, 6.45) is 64.6. The van der Waals surface area contributed by atoms with E-state index in [0.717, 1.165) is 89.9 Å². The van der Waals surface area contributed by atoms with E-state index in [1.165, 1.54) is 122 Å². The predicted molar refractivity (Wildman–Crippen MR) is 305 cm³/mol. The third-order valence-electron chi connectivity index (χ3n) is 12.6. The number of rotatable bonds is 52. The van der Waals surface area contributed by atoms with Crippen LogP contribution in [0.3, 0.4) is 0 Å². The molecule has 0 spiro atoms. The van der Waals surface area contributed by atoms with E-state index in [-0.39, 0.29) is 31.5 Å². The molecule has 2 N–H and O–H groups in total. The number of hydrogen-bond donors (Lipinski definition) is 2. The second-order valence-corrected chi connectivity index (χ2v) is 22.3. The molecule has 0 aromatic rings. The number of carbonyl (C=O) groups excluding carboxylic acids is 2. The molecular weight excluding hydrogens is 904 g/mol. The number of unbranched alkanes of at least 4 members (excludes halogenated alkanes) is 26. The fourth-order valence-corrected chi connectivity index (χ4v) is 8.77. The van der Waals surface area contributed by atoms with Gasteiger partial charge in [0.1, 0.15) is 19.3 Å². The first-order chi connectivity index (χ1) is 34.4. The Kier molecular flexibility index (Phi) is 49.1. The first-order valence-corrected chi connectivity index (χ1v) is 30.8. The van der Waals surface area contributed by atoms with Crippen molar-refractivity contribution in [3.8, 4) is 0 Å². The maximum absolute atomic E-state index is 13.5. The number of phosphoric ester groups is 1. The van der Waals surface area contributed by atoms with Crippen molar-refractivity contribution >= 4 is 19.7 Å². The fraction of sp³-hybridized carbons (Fsp3) is 0.770. The molecule has 0 aliphatic carbocycles. The Balaban J connectivity index is 5.36. The molecule has 0 saturated carbocycles. The Morgan fingerprint density at radius 2 is 0.859 bits per heavy atom. The van der Waals surface area contributed by atoms with Gasteiger partial charge in [-0.2, -0.15) is 0 Å². The van der Waals surface area contributed by atoms with Gasteiger partial charge in [-0.25, -0.2) is 4.57 Å². The smallest absolute Gasteiger partial charge is 0.456 e. The number of ether oxygens (including phenoxy) is 1. The Hall–Kier alpha value is -2.55. The standard InChI is InChI=1S/C61H111N2O7P/c1-7-10-13-16-19-22-25-27-29-30-31-32-34-36-39-42-45-48-51-54-61(65)70-59(52-49-46-43-40-37-24-21-18-15-12-9-3)58(57-69-71(66,67)68-56-55-63(4,5)6)62-60(64)53-50-47-44-41-38-35-33-28-26-23-20-17-14-11-8-2/h19,22-23,26-27,29,31-32,36,39,49,52,58-59H,7-18,20-21,24-25,28,30,33-35,37-38,40-48,50-51,53-57H2,1-6H3,(H-,62,64,66,67)/p+1/b22-19-,26-23-,29-27-,32-31-,39-36-,52-49+. The van der Waals surface area contributed by atoms with E-state index < -0.39 is 20.0 Å². The summed E-state index contributed by atoms with van der Waals surface area (Å²) in [4.78, 5) is 37.6. The van der Waals surface area contributed by atoms with Crippen LogP contribution in [0.1, 0.15) is 252 Å². The molecule has 71 heavy (non-hydrogen) atoms. The van der Waals surface area contributed by atoms with E-state index in [1.807, 2.05) is 33.3 Å². The second kappa shape index (κ2) is 51.0. The van der Waals surface area contributed by atoms with Crippen LogP contribution in [0.25, 0.3) is 0 Å². The van der Waals surface area contributed by atoms with E-state index in [9.17, 15) is 19.0 Å². The third kappa shape index (κ3) is 52.1. The fourth-order valence-electron chi connectivity index (χ4n) is 8.03. The van der Waals surface area contributed by atoms with Crippen LogP contribution in [0.5, 0.6) is 0 Å². The average molecular weight is 1020 g/mol. The second-order valence-electron chi connectivity index (χ2n) is 20.8. The van der Waals surface area contributed by atoms with Gasteiger partial charge >= 0.3 is 13.8 Å². The number of nitrogens with one attached hydrogen (secondary N) is 1. The summed E-state index contributed by atoms with van der Waals surface area (Å²) in [7, 11) is 1.47. The zero-order chi connectivity index (χ0) is 52.2. The molecule has 0 heterocycles. The molecule has 1 amide bonds. The van der Waals surface area contributed by atoms with Gasteiger partial charge in [0.25, 0.3) is 0 Å². The number of hydrogen-bond acceptors (Lipinski definition) is 6. The van der Waals surface area contributed by atoms with Crippen molar-refractivity contribution in [2.45, 2.75) is 264 Å². The molecule has 9 nitrogen and oxygen atoms in total. The van der Waals surface area contributed by atoms with Crippen LogP contribution >= 0.6 is 7.82 Å². The molecule has 0 rings (SSSR count). The highest BCUT2D eigenvalue weighted by atomic mass is 31.2. The van der Waals surface area contributed by atoms with Crippen molar-refractivity contribution in [3.05, 3.63) is 72.9 Å². The first kappa shape index (κ1) is 68.5. The van der Waals surface area contributed by atoms with Crippen molar-refractivity contribution in [3.63, 3.8) is 0 Å². The summed E-state index contributed by atoms with van der Waals surface area (Å²) in [5.41, 5.74) is 0. The van der Waals surface area contributed by atoms with Crippen molar-refractivity contribution < 1.29 is 37.3 Å². The van der Waals surface area contributed by atoms with Crippen LogP contribution in [-0.4, -0.2) is 74.3 Å². The number of allylic oxidation sites excluding steroid dienone is 11. The Morgan fingerprint density at radius 3 is 1.35 bits per heavy atom. The molecule has 3 atom stereocenters. The minimum Gasteiger partial charge on any atom is -0.456 e. The normalized spacial score (nSPS) is 14.3. The van der Waals surface area contributed by atoms with Gasteiger partial charge in [-0.05, 0) is 102 Å². The lowest BCUT2D eigenvalue weighted by Gasteiger charge is -2.27. The van der Waals surface area contributed by atoms with Gasteiger partial charge in [0.05, 0.1) is 33.8 Å². The monoisotopic (exact) mass is 1020 g/mol. The molecule has 0 saturated heterocycles. The largest absolute Gasteiger partial charge is 0.472 e. The Morgan fingerprint density at radius 1 is 0.493 bits per heavy atom. The van der Waals surface area contributed by atoms with Crippen LogP contribution in [0.15, 0.2) is 72.9 Å². The zero-order valence-corrected chi connectivity index (χ0v) is 47.8. The molecule has 0 fully saturated rings. The van der Waals surface area contributed by atoms with Crippen LogP contribution in [-0.2, 0) is 27.9 Å². The lowest BCUT2D eigenvalue weighted by Crippen LogP contribution is -2.47. The van der Waals surface area contributed by atoms with E-state index >= 15 is 0 Å². The van der Waals surface area contributed by atoms with Crippen molar-refractivity contribution in [2.75, 3.05) is 40.9 Å². The highest BCUT2D eigenvalue weighted by Crippen LogP contribution is 2.43. The Bertz CT molecular complexity index is 1450. The SMILES string of the molecule is CCCCC/C=C\C/C=C\C/C=C\C/C=C\CCCCCC(=O)OC(/C=C/CCCCCCCCCCC)C(COP(=O)(O)OCC[N+](C)(C)C)NC(=O)CCCCCCCCC/C=C\CCCCCC. The predicted octanol–water partition coefficient (Wildman–Crippen LogP) is 17.7. The van der Waals surface area contributed by atoms with E-state index in [1.54, 1.807) is 0 Å². The van der Waals surface area contributed by atoms with Gasteiger partial charge in [-0.1, -0.05) is 210 Å². The molecule has 10 heteroatoms. The highest BCUT2D eigenvalue weighted by molar-refractivity contribution is 7.47. The van der Waals surface area contributed by atoms with E-state index in [4.69, 9.17) is 13.8 Å². The van der Waals surface area contributed by atoms with Gasteiger partial charge < -0.3 is 19.4 Å². The summed E-state index contributed by atoms with van der Waals surface area (Å²) in [6.45, 7) is 6.93. The molecule has 412 valence electrons. The number of phosphoric acid groups is 1. The van der Waals surface area contributed by atoms with E-state index in [2.05, 4.69) is 86.8 Å². The minimum absolute atomic E-state index is 0.0318. The van der Waals surface area contributed by atoms with Gasteiger partial charge in [0.15, 0.2) is 0 Å². The third-order valence-corrected chi connectivity index (χ3v) is 13.6. The average Bonchev–Trinajstić information content (AvgIpc) is 3.33. The molecule has 0 aromatic carbocycles. The summed E-state index contributed by atoms with van der Waals surface area (Å²) in [5, 5.41) is 3.04. The summed E-state index contributed by atoms with van der Waals surface area (Å²) >= 11 is 0. The number of esters is 1. The van der Waals surface area contributed by atoms with Crippen molar-refractivity contribution in [1.29, 1.82) is 0 Å². The summed E-state index contributed by atoms with van der Waals surface area (Å²) in [5.74, 6) is -0.548. The van der Waals surface area contributed by atoms with Crippen molar-refractivity contribution in [1.82, 2.24) is 5.32 Å². The van der Waals surface area contributed by atoms with Crippen molar-refractivity contribution in [2.24, 2.45) is 0 Å². The van der Waals surface area contributed by atoms with Crippen LogP contribution < -0.4 is 5.32 Å². The number of nitrogens with zero attached hydrogens (tertiary/aromatic N) is 1. The summed E-state index contributed by atoms with van der Waals surface area (Å²) in [6, 6.07) is -0.865. The maximum Gasteiger partial charge on any atom is 0.472 e. The van der Waals surface area contributed by atoms with Crippen LogP contribution in [0.2, 0.25) is 0 Å². The number of amides is 1. The first-order valence-electron chi connectivity index (χ1n) is 29.3. The van der Waals surface area contributed by atoms with Gasteiger partial charge in [-0.3, -0.25) is 18.6 Å². The lowest BCUT2D eigenvalue weighted by atomic mass is 10.1. The van der Waals surface area contributed by atoms with E-state index in [0.29, 0.717) is 23.9 Å². The number of likely N-dealkylation sites (N-methyl/N-ethyl adjacent to an activating group) is 1. The minimum atomic E-state index is -4.45. The van der Waals surface area contributed by atoms with Gasteiger partial charge in [0, 0.05) is 12.8 Å². The number of quaternary nitrogens is 1. The lowest BCUT2D eigenvalue weighted by molar-refractivity contribution is -0.870. The molecule has 0 aromatic heterocycles. The molecule has 0 aliphatic heterocycles. The molecule has 0 aliphatic rings. The van der Waals surface area contributed by atoms with Crippen LogP contribution in [0.4, 0.5) is 0 Å². The molecular formula is C61H112N2O7P+. The topological polar surface area (TPSA) is 111 Å². The zero-order valence-electron chi connectivity index (χ0n) is 47.0. The molecule has 0 radical (unpaired) electrons. The van der Waals surface area contributed by atoms with Gasteiger partial charge in [-0.15, -0.1) is 0 Å². The molecule has 3 unspecified atom stereocenters. The Labute approximate surface area is 438 Å². The van der Waals surface area contributed by atoms with Crippen LogP contribution in [0, 0.1) is 0 Å². The summed E-state index contributed by atoms with van der Waals surface area (Å²) < 4.78 is 30.6. The quantitative estimate of drug-likeness (QED) is 0.0205. The van der Waals surface area contributed by atoms with Gasteiger partial charge in [0.2, 0.25) is 5.91 Å².